The molecule has 4 aromatic rings. The second kappa shape index (κ2) is 10.7. The number of aliphatic hydroxyl groups is 1. The molecule has 0 saturated carbocycles. The van der Waals surface area contributed by atoms with Gasteiger partial charge in [0.2, 0.25) is 0 Å². The Balaban J connectivity index is 1.12. The highest BCUT2D eigenvalue weighted by Gasteiger charge is 2.18. The number of halogens is 1. The van der Waals surface area contributed by atoms with Crippen LogP contribution in [-0.2, 0) is 6.54 Å². The molecule has 7 nitrogen and oxygen atoms in total. The maximum Gasteiger partial charge on any atom is 0.265 e. The number of anilines is 3. The largest absolute Gasteiger partial charge is 0.395 e. The van der Waals surface area contributed by atoms with E-state index in [2.05, 4.69) is 37.6 Å². The number of piperazine rings is 1. The number of hydrogen-bond acceptors (Lipinski definition) is 8. The fourth-order valence-electron chi connectivity index (χ4n) is 4.05. The van der Waals surface area contributed by atoms with Crippen molar-refractivity contribution in [2.45, 2.75) is 6.54 Å². The van der Waals surface area contributed by atoms with Gasteiger partial charge in [0.25, 0.3) is 5.91 Å². The van der Waals surface area contributed by atoms with Crippen molar-refractivity contribution in [1.29, 1.82) is 0 Å². The van der Waals surface area contributed by atoms with Crippen molar-refractivity contribution >= 4 is 54.6 Å². The van der Waals surface area contributed by atoms with Gasteiger partial charge in [-0.25, -0.2) is 9.37 Å². The van der Waals surface area contributed by atoms with Crippen LogP contribution in [0.5, 0.6) is 0 Å². The average molecular weight is 512 g/mol. The Morgan fingerprint density at radius 3 is 2.46 bits per heavy atom. The lowest BCUT2D eigenvalue weighted by Crippen LogP contribution is -2.45. The van der Waals surface area contributed by atoms with Crippen molar-refractivity contribution in [3.05, 3.63) is 70.9 Å². The highest BCUT2D eigenvalue weighted by Crippen LogP contribution is 2.33. The monoisotopic (exact) mass is 511 g/mol. The van der Waals surface area contributed by atoms with Crippen LogP contribution in [0.3, 0.4) is 0 Å². The quantitative estimate of drug-likeness (QED) is 0.324. The zero-order valence-corrected chi connectivity index (χ0v) is 20.7. The Labute approximate surface area is 210 Å². The van der Waals surface area contributed by atoms with Crippen molar-refractivity contribution in [2.75, 3.05) is 54.9 Å². The first-order valence-electron chi connectivity index (χ1n) is 11.5. The number of thiazole rings is 1. The van der Waals surface area contributed by atoms with E-state index in [0.29, 0.717) is 11.4 Å². The van der Waals surface area contributed by atoms with Gasteiger partial charge >= 0.3 is 0 Å². The zero-order valence-electron chi connectivity index (χ0n) is 19.0. The molecule has 2 aromatic heterocycles. The summed E-state index contributed by atoms with van der Waals surface area (Å²) in [5, 5.41) is 15.7. The molecule has 3 N–H and O–H groups in total. The molecule has 0 unspecified atom stereocenters. The maximum atomic E-state index is 13.2. The van der Waals surface area contributed by atoms with E-state index in [-0.39, 0.29) is 18.3 Å². The number of carbonyl (C=O) groups is 1. The third-order valence-corrected chi connectivity index (χ3v) is 8.00. The molecule has 1 fully saturated rings. The summed E-state index contributed by atoms with van der Waals surface area (Å²) in [6.07, 6.45) is 0. The molecule has 3 heterocycles. The van der Waals surface area contributed by atoms with Crippen LogP contribution in [-0.4, -0.2) is 60.2 Å². The summed E-state index contributed by atoms with van der Waals surface area (Å²) >= 11 is 2.83. The highest BCUT2D eigenvalue weighted by atomic mass is 32.1. The Bertz CT molecular complexity index is 1250. The summed E-state index contributed by atoms with van der Waals surface area (Å²) < 4.78 is 14.1. The summed E-state index contributed by atoms with van der Waals surface area (Å²) in [6, 6.07) is 16.5. The number of thiophene rings is 1. The number of aromatic nitrogens is 1. The molecule has 1 aliphatic heterocycles. The van der Waals surface area contributed by atoms with Gasteiger partial charge in [0.1, 0.15) is 10.6 Å². The normalized spacial score (nSPS) is 14.4. The van der Waals surface area contributed by atoms with Gasteiger partial charge in [-0.1, -0.05) is 23.5 Å². The van der Waals surface area contributed by atoms with Gasteiger partial charge in [-0.3, -0.25) is 9.69 Å². The third-order valence-electron chi connectivity index (χ3n) is 5.88. The minimum atomic E-state index is -0.208. The van der Waals surface area contributed by atoms with Crippen LogP contribution >= 0.6 is 22.7 Å². The standard InChI is InChI=1S/C25H26FN5O2S2/c26-18-3-7-20(8-4-18)31-12-10-30(11-13-31)16-17-1-5-19(6-2-17)28-23(33)21-15-22-24(34-21)29-25(35-22)27-9-14-32/h1-8,15,32H,9-14,16H2,(H,27,29)(H,28,33). The minimum absolute atomic E-state index is 0.0494. The Morgan fingerprint density at radius 2 is 1.77 bits per heavy atom. The average Bonchev–Trinajstić information content (AvgIpc) is 3.44. The van der Waals surface area contributed by atoms with E-state index in [0.717, 1.165) is 58.8 Å². The van der Waals surface area contributed by atoms with Crippen molar-refractivity contribution < 1.29 is 14.3 Å². The van der Waals surface area contributed by atoms with Gasteiger partial charge in [0, 0.05) is 50.6 Å². The van der Waals surface area contributed by atoms with Crippen LogP contribution in [0.4, 0.5) is 20.9 Å². The number of nitrogens with one attached hydrogen (secondary N) is 2. The summed E-state index contributed by atoms with van der Waals surface area (Å²) in [5.74, 6) is -0.351. The number of nitrogens with zero attached hydrogens (tertiary/aromatic N) is 3. The maximum absolute atomic E-state index is 13.2. The number of rotatable bonds is 8. The van der Waals surface area contributed by atoms with E-state index < -0.39 is 0 Å². The van der Waals surface area contributed by atoms with Crippen molar-refractivity contribution in [3.8, 4) is 0 Å². The summed E-state index contributed by atoms with van der Waals surface area (Å²) in [4.78, 5) is 23.3. The molecule has 35 heavy (non-hydrogen) atoms. The fraction of sp³-hybridized carbons (Fsp3) is 0.280. The van der Waals surface area contributed by atoms with E-state index in [1.807, 2.05) is 30.3 Å². The Hall–Kier alpha value is -3.05. The molecule has 2 aromatic carbocycles. The van der Waals surface area contributed by atoms with Gasteiger partial charge in [-0.05, 0) is 48.0 Å². The number of benzene rings is 2. The fourth-order valence-corrected chi connectivity index (χ4v) is 6.08. The molecule has 1 amide bonds. The van der Waals surface area contributed by atoms with E-state index in [4.69, 9.17) is 5.11 Å². The predicted octanol–water partition coefficient (Wildman–Crippen LogP) is 4.48. The molecular weight excluding hydrogens is 485 g/mol. The number of carbonyl (C=O) groups excluding carboxylic acids is 1. The van der Waals surface area contributed by atoms with Gasteiger partial charge in [-0.2, -0.15) is 0 Å². The molecule has 0 radical (unpaired) electrons. The van der Waals surface area contributed by atoms with Crippen LogP contribution < -0.4 is 15.5 Å². The van der Waals surface area contributed by atoms with Gasteiger partial charge in [-0.15, -0.1) is 11.3 Å². The summed E-state index contributed by atoms with van der Waals surface area (Å²) in [5.41, 5.74) is 3.02. The molecule has 1 saturated heterocycles. The van der Waals surface area contributed by atoms with Crippen LogP contribution in [0.25, 0.3) is 9.53 Å². The third kappa shape index (κ3) is 5.79. The Kier molecular flexibility index (Phi) is 7.24. The zero-order chi connectivity index (χ0) is 24.2. The highest BCUT2D eigenvalue weighted by molar-refractivity contribution is 7.29. The number of amides is 1. The lowest BCUT2D eigenvalue weighted by Gasteiger charge is -2.36. The van der Waals surface area contributed by atoms with E-state index in [9.17, 15) is 9.18 Å². The number of fused-ring (bicyclic) bond motifs is 1. The van der Waals surface area contributed by atoms with Crippen molar-refractivity contribution in [3.63, 3.8) is 0 Å². The SMILES string of the molecule is O=C(Nc1ccc(CN2CCN(c3ccc(F)cc3)CC2)cc1)c1cc2sc(NCCO)nc2s1. The molecule has 0 spiro atoms. The first kappa shape index (κ1) is 23.7. The topological polar surface area (TPSA) is 80.7 Å². The molecule has 0 bridgehead atoms. The molecule has 5 rings (SSSR count). The Morgan fingerprint density at radius 1 is 1.03 bits per heavy atom. The second-order valence-corrected chi connectivity index (χ2v) is 10.4. The molecule has 10 heteroatoms. The summed E-state index contributed by atoms with van der Waals surface area (Å²) in [6.45, 7) is 5.06. The molecular formula is C25H26FN5O2S2. The molecule has 182 valence electrons. The van der Waals surface area contributed by atoms with E-state index >= 15 is 0 Å². The van der Waals surface area contributed by atoms with Gasteiger partial charge in [0.05, 0.1) is 16.2 Å². The predicted molar refractivity (Wildman–Crippen MR) is 141 cm³/mol. The van der Waals surface area contributed by atoms with Crippen LogP contribution in [0, 0.1) is 5.82 Å². The van der Waals surface area contributed by atoms with Crippen LogP contribution in [0.1, 0.15) is 15.2 Å². The summed E-state index contributed by atoms with van der Waals surface area (Å²) in [7, 11) is 0. The van der Waals surface area contributed by atoms with Gasteiger partial charge in [0.15, 0.2) is 5.13 Å². The van der Waals surface area contributed by atoms with Crippen molar-refractivity contribution in [1.82, 2.24) is 9.88 Å². The number of hydrogen-bond donors (Lipinski definition) is 3. The van der Waals surface area contributed by atoms with Gasteiger partial charge < -0.3 is 20.6 Å². The number of aliphatic hydroxyl groups excluding tert-OH is 1. The second-order valence-electron chi connectivity index (χ2n) is 8.34. The molecule has 0 atom stereocenters. The van der Waals surface area contributed by atoms with Crippen LogP contribution in [0.15, 0.2) is 54.6 Å². The lowest BCUT2D eigenvalue weighted by atomic mass is 10.1. The minimum Gasteiger partial charge on any atom is -0.395 e. The first-order chi connectivity index (χ1) is 17.1. The van der Waals surface area contributed by atoms with Crippen molar-refractivity contribution in [2.24, 2.45) is 0 Å². The van der Waals surface area contributed by atoms with E-state index in [1.165, 1.54) is 40.4 Å². The lowest BCUT2D eigenvalue weighted by molar-refractivity contribution is 0.103. The smallest absolute Gasteiger partial charge is 0.265 e. The first-order valence-corrected chi connectivity index (χ1v) is 13.1. The van der Waals surface area contributed by atoms with Crippen LogP contribution in [0.2, 0.25) is 0 Å². The molecule has 0 aliphatic carbocycles. The molecule has 1 aliphatic rings. The van der Waals surface area contributed by atoms with E-state index in [1.54, 1.807) is 0 Å².